The molecule has 1 amide bonds. The van der Waals surface area contributed by atoms with E-state index in [-0.39, 0.29) is 30.5 Å². The molecule has 2 heterocycles. The summed E-state index contributed by atoms with van der Waals surface area (Å²) in [5.74, 6) is -0.291. The van der Waals surface area contributed by atoms with Crippen LogP contribution in [0.15, 0.2) is 17.5 Å². The normalized spacial score (nSPS) is 20.8. The Morgan fingerprint density at radius 2 is 2.33 bits per heavy atom. The van der Waals surface area contributed by atoms with Crippen LogP contribution in [-0.4, -0.2) is 43.0 Å². The first kappa shape index (κ1) is 16.0. The van der Waals surface area contributed by atoms with Gasteiger partial charge in [0.1, 0.15) is 6.04 Å². The summed E-state index contributed by atoms with van der Waals surface area (Å²) in [6.07, 6.45) is 2.78. The van der Waals surface area contributed by atoms with Gasteiger partial charge in [0.15, 0.2) is 0 Å². The number of nitrogens with one attached hydrogen (secondary N) is 1. The van der Waals surface area contributed by atoms with Gasteiger partial charge >= 0.3 is 5.97 Å². The minimum absolute atomic E-state index is 0.00105. The van der Waals surface area contributed by atoms with Crippen molar-refractivity contribution in [1.29, 1.82) is 0 Å². The van der Waals surface area contributed by atoms with Gasteiger partial charge < -0.3 is 10.1 Å². The lowest BCUT2D eigenvalue weighted by atomic mass is 10.0. The molecule has 1 unspecified atom stereocenters. The van der Waals surface area contributed by atoms with Gasteiger partial charge in [-0.05, 0) is 37.8 Å². The number of carbonyl (C=O) groups excluding carboxylic acids is 2. The Labute approximate surface area is 129 Å². The molecule has 1 aromatic rings. The Kier molecular flexibility index (Phi) is 5.76. The largest absolute Gasteiger partial charge is 0.468 e. The Morgan fingerprint density at radius 1 is 1.52 bits per heavy atom. The monoisotopic (exact) mass is 310 g/mol. The smallest absolute Gasteiger partial charge is 0.323 e. The topological polar surface area (TPSA) is 58.6 Å². The lowest BCUT2D eigenvalue weighted by molar-refractivity contribution is -0.148. The molecule has 116 valence electrons. The van der Waals surface area contributed by atoms with E-state index >= 15 is 0 Å². The van der Waals surface area contributed by atoms with Gasteiger partial charge in [-0.25, -0.2) is 0 Å². The van der Waals surface area contributed by atoms with Crippen molar-refractivity contribution in [2.24, 2.45) is 0 Å². The van der Waals surface area contributed by atoms with Crippen LogP contribution in [0.4, 0.5) is 0 Å². The number of ether oxygens (including phenoxy) is 1. The molecule has 1 fully saturated rings. The molecule has 1 aromatic heterocycles. The van der Waals surface area contributed by atoms with E-state index in [2.05, 4.69) is 5.32 Å². The van der Waals surface area contributed by atoms with Crippen LogP contribution < -0.4 is 5.32 Å². The molecule has 1 saturated heterocycles. The Balaban J connectivity index is 1.89. The van der Waals surface area contributed by atoms with E-state index in [9.17, 15) is 9.59 Å². The summed E-state index contributed by atoms with van der Waals surface area (Å²) in [7, 11) is 1.40. The molecule has 1 aliphatic heterocycles. The average molecular weight is 310 g/mol. The van der Waals surface area contributed by atoms with E-state index in [0.717, 1.165) is 30.7 Å². The first-order valence-corrected chi connectivity index (χ1v) is 8.14. The van der Waals surface area contributed by atoms with Gasteiger partial charge in [-0.15, -0.1) is 11.3 Å². The van der Waals surface area contributed by atoms with Gasteiger partial charge in [0.2, 0.25) is 5.91 Å². The van der Waals surface area contributed by atoms with Gasteiger partial charge in [-0.1, -0.05) is 12.5 Å². The van der Waals surface area contributed by atoms with E-state index in [0.29, 0.717) is 0 Å². The summed E-state index contributed by atoms with van der Waals surface area (Å²) in [6, 6.07) is 3.69. The standard InChI is InChI=1S/C15H22N2O3S/c1-11(13-7-5-9-21-13)16-14(18)10-17-8-4-3-6-12(17)15(19)20-2/h5,7,9,11-12H,3-4,6,8,10H2,1-2H3,(H,16,18)/t11?,12-/m1/s1. The molecule has 2 atom stereocenters. The molecule has 0 aliphatic carbocycles. The molecule has 6 heteroatoms. The molecule has 2 rings (SSSR count). The Hall–Kier alpha value is -1.40. The summed E-state index contributed by atoms with van der Waals surface area (Å²) >= 11 is 1.63. The second-order valence-electron chi connectivity index (χ2n) is 5.31. The molecule has 5 nitrogen and oxygen atoms in total. The minimum Gasteiger partial charge on any atom is -0.468 e. The van der Waals surface area contributed by atoms with E-state index in [1.807, 2.05) is 29.3 Å². The molecule has 0 spiro atoms. The predicted molar refractivity (Wildman–Crippen MR) is 82.1 cm³/mol. The number of rotatable bonds is 5. The fourth-order valence-corrected chi connectivity index (χ4v) is 3.40. The van der Waals surface area contributed by atoms with Crippen LogP contribution in [0.5, 0.6) is 0 Å². The van der Waals surface area contributed by atoms with Crippen molar-refractivity contribution in [2.75, 3.05) is 20.2 Å². The average Bonchev–Trinajstić information content (AvgIpc) is 3.01. The minimum atomic E-state index is -0.286. The molecule has 0 bridgehead atoms. The third kappa shape index (κ3) is 4.28. The van der Waals surface area contributed by atoms with Gasteiger partial charge in [-0.3, -0.25) is 14.5 Å². The number of carbonyl (C=O) groups is 2. The number of hydrogen-bond acceptors (Lipinski definition) is 5. The summed E-state index contributed by atoms with van der Waals surface area (Å²) in [6.45, 7) is 2.98. The maximum absolute atomic E-state index is 12.2. The highest BCUT2D eigenvalue weighted by Crippen LogP contribution is 2.20. The number of esters is 1. The quantitative estimate of drug-likeness (QED) is 0.845. The summed E-state index contributed by atoms with van der Waals surface area (Å²) in [5, 5.41) is 4.98. The first-order chi connectivity index (χ1) is 10.1. The van der Waals surface area contributed by atoms with Crippen molar-refractivity contribution in [2.45, 2.75) is 38.3 Å². The molecular weight excluding hydrogens is 288 g/mol. The van der Waals surface area contributed by atoms with Gasteiger partial charge in [-0.2, -0.15) is 0 Å². The van der Waals surface area contributed by atoms with Gasteiger partial charge in [0.05, 0.1) is 19.7 Å². The Bertz CT molecular complexity index is 475. The number of nitrogens with zero attached hydrogens (tertiary/aromatic N) is 1. The molecule has 0 radical (unpaired) electrons. The van der Waals surface area contributed by atoms with Gasteiger partial charge in [0.25, 0.3) is 0 Å². The SMILES string of the molecule is COC(=O)[C@H]1CCCCN1CC(=O)NC(C)c1cccs1. The van der Waals surface area contributed by atoms with Gasteiger partial charge in [0, 0.05) is 4.88 Å². The van der Waals surface area contributed by atoms with Crippen molar-refractivity contribution >= 4 is 23.2 Å². The van der Waals surface area contributed by atoms with Crippen LogP contribution in [0.1, 0.15) is 37.1 Å². The van der Waals surface area contributed by atoms with Crippen LogP contribution >= 0.6 is 11.3 Å². The second kappa shape index (κ2) is 7.56. The number of likely N-dealkylation sites (tertiary alicyclic amines) is 1. The van der Waals surface area contributed by atoms with Crippen molar-refractivity contribution in [3.05, 3.63) is 22.4 Å². The zero-order chi connectivity index (χ0) is 15.2. The van der Waals surface area contributed by atoms with Crippen molar-refractivity contribution in [3.8, 4) is 0 Å². The van der Waals surface area contributed by atoms with E-state index in [4.69, 9.17) is 4.74 Å². The zero-order valence-corrected chi connectivity index (χ0v) is 13.3. The lowest BCUT2D eigenvalue weighted by Crippen LogP contribution is -2.49. The third-order valence-electron chi connectivity index (χ3n) is 3.78. The highest BCUT2D eigenvalue weighted by atomic mass is 32.1. The van der Waals surface area contributed by atoms with E-state index in [1.54, 1.807) is 11.3 Å². The van der Waals surface area contributed by atoms with Crippen LogP contribution in [0, 0.1) is 0 Å². The zero-order valence-electron chi connectivity index (χ0n) is 12.5. The molecular formula is C15H22N2O3S. The second-order valence-corrected chi connectivity index (χ2v) is 6.29. The highest BCUT2D eigenvalue weighted by molar-refractivity contribution is 7.10. The first-order valence-electron chi connectivity index (χ1n) is 7.26. The molecule has 1 N–H and O–H groups in total. The van der Waals surface area contributed by atoms with Crippen LogP contribution in [0.25, 0.3) is 0 Å². The fourth-order valence-electron chi connectivity index (χ4n) is 2.66. The number of methoxy groups -OCH3 is 1. The maximum atomic E-state index is 12.2. The summed E-state index contributed by atoms with van der Waals surface area (Å²) in [5.41, 5.74) is 0. The Morgan fingerprint density at radius 3 is 3.00 bits per heavy atom. The van der Waals surface area contributed by atoms with E-state index in [1.165, 1.54) is 7.11 Å². The summed E-state index contributed by atoms with van der Waals surface area (Å²) < 4.78 is 4.83. The number of amides is 1. The maximum Gasteiger partial charge on any atom is 0.323 e. The molecule has 0 saturated carbocycles. The summed E-state index contributed by atoms with van der Waals surface area (Å²) in [4.78, 5) is 27.0. The number of hydrogen-bond donors (Lipinski definition) is 1. The fraction of sp³-hybridized carbons (Fsp3) is 0.600. The van der Waals surface area contributed by atoms with Crippen LogP contribution in [-0.2, 0) is 14.3 Å². The van der Waals surface area contributed by atoms with Crippen LogP contribution in [0.2, 0.25) is 0 Å². The van der Waals surface area contributed by atoms with E-state index < -0.39 is 0 Å². The van der Waals surface area contributed by atoms with Crippen molar-refractivity contribution in [3.63, 3.8) is 0 Å². The number of piperidine rings is 1. The molecule has 21 heavy (non-hydrogen) atoms. The number of thiophene rings is 1. The predicted octanol–water partition coefficient (Wildman–Crippen LogP) is 1.95. The molecule has 0 aromatic carbocycles. The third-order valence-corrected chi connectivity index (χ3v) is 4.84. The highest BCUT2D eigenvalue weighted by Gasteiger charge is 2.30. The lowest BCUT2D eigenvalue weighted by Gasteiger charge is -2.33. The molecule has 1 aliphatic rings. The van der Waals surface area contributed by atoms with Crippen LogP contribution in [0.3, 0.4) is 0 Å². The van der Waals surface area contributed by atoms with Crippen molar-refractivity contribution in [1.82, 2.24) is 10.2 Å². The van der Waals surface area contributed by atoms with Crippen molar-refractivity contribution < 1.29 is 14.3 Å².